The highest BCUT2D eigenvalue weighted by Gasteiger charge is 2.32. The summed E-state index contributed by atoms with van der Waals surface area (Å²) in [4.78, 5) is 25.5. The van der Waals surface area contributed by atoms with Gasteiger partial charge in [-0.05, 0) is 18.4 Å². The Morgan fingerprint density at radius 1 is 1.31 bits per heavy atom. The first kappa shape index (κ1) is 20.6. The molecule has 2 rings (SSSR count). The van der Waals surface area contributed by atoms with E-state index in [1.165, 1.54) is 27.7 Å². The van der Waals surface area contributed by atoms with Crippen LogP contribution in [0.5, 0.6) is 0 Å². The fourth-order valence-electron chi connectivity index (χ4n) is 2.52. The van der Waals surface area contributed by atoms with Crippen molar-refractivity contribution >= 4 is 33.6 Å². The molecule has 1 N–H and O–H groups in total. The zero-order valence-electron chi connectivity index (χ0n) is 14.7. The van der Waals surface area contributed by atoms with Gasteiger partial charge in [0.25, 0.3) is 10.2 Å². The van der Waals surface area contributed by atoms with E-state index in [0.717, 1.165) is 4.88 Å². The van der Waals surface area contributed by atoms with Gasteiger partial charge in [0.05, 0.1) is 26.2 Å². The number of nitrogens with zero attached hydrogens (tertiary/aromatic N) is 2. The van der Waals surface area contributed by atoms with Crippen molar-refractivity contribution in [2.45, 2.75) is 19.4 Å². The minimum absolute atomic E-state index is 0.0982. The number of amides is 1. The van der Waals surface area contributed by atoms with Crippen LogP contribution in [-0.2, 0) is 24.5 Å². The Morgan fingerprint density at radius 2 is 2.00 bits per heavy atom. The Morgan fingerprint density at radius 3 is 2.54 bits per heavy atom. The lowest BCUT2D eigenvalue weighted by molar-refractivity contribution is -0.141. The summed E-state index contributed by atoms with van der Waals surface area (Å²) in [6, 6.07) is 2.85. The molecular formula is C15H23N3O6S2. The van der Waals surface area contributed by atoms with E-state index in [1.807, 2.05) is 5.38 Å². The van der Waals surface area contributed by atoms with E-state index in [1.54, 1.807) is 19.1 Å². The van der Waals surface area contributed by atoms with E-state index in [9.17, 15) is 18.0 Å². The number of methoxy groups -OCH3 is 1. The lowest BCUT2D eigenvalue weighted by atomic mass is 10.2. The number of nitrogens with one attached hydrogen (secondary N) is 1. The maximum absolute atomic E-state index is 12.7. The molecule has 146 valence electrons. The number of hydrogen-bond donors (Lipinski definition) is 1. The van der Waals surface area contributed by atoms with Crippen LogP contribution in [0.3, 0.4) is 0 Å². The molecule has 0 radical (unpaired) electrons. The zero-order chi connectivity index (χ0) is 19.2. The van der Waals surface area contributed by atoms with Crippen molar-refractivity contribution in [1.29, 1.82) is 0 Å². The fraction of sp³-hybridized carbons (Fsp3) is 0.600. The predicted molar refractivity (Wildman–Crippen MR) is 95.9 cm³/mol. The average molecular weight is 405 g/mol. The first-order valence-electron chi connectivity index (χ1n) is 8.16. The molecule has 1 fully saturated rings. The van der Waals surface area contributed by atoms with Gasteiger partial charge in [0.1, 0.15) is 0 Å². The third-order valence-corrected chi connectivity index (χ3v) is 6.49. The monoisotopic (exact) mass is 405 g/mol. The molecule has 11 heteroatoms. The van der Waals surface area contributed by atoms with Gasteiger partial charge in [-0.3, -0.25) is 4.79 Å². The van der Waals surface area contributed by atoms with Gasteiger partial charge in [-0.15, -0.1) is 11.3 Å². The van der Waals surface area contributed by atoms with E-state index in [2.05, 4.69) is 9.46 Å². The van der Waals surface area contributed by atoms with Gasteiger partial charge in [-0.25, -0.2) is 4.79 Å². The van der Waals surface area contributed by atoms with Crippen LogP contribution in [0.2, 0.25) is 0 Å². The average Bonchev–Trinajstić information content (AvgIpc) is 3.16. The van der Waals surface area contributed by atoms with Crippen LogP contribution < -0.4 is 4.72 Å². The number of thiophene rings is 1. The van der Waals surface area contributed by atoms with E-state index in [4.69, 9.17) is 4.74 Å². The van der Waals surface area contributed by atoms with Crippen LogP contribution >= 0.6 is 11.3 Å². The number of ether oxygens (including phenoxy) is 2. The standard InChI is InChI=1S/C15H23N3O6S2/c1-3-24-15(20)17-6-8-18(9-7-17)26(21,22)16-12(11-14(19)23-2)13-5-4-10-25-13/h4-5,10,12,16H,3,6-9,11H2,1-2H3. The van der Waals surface area contributed by atoms with Gasteiger partial charge in [0.15, 0.2) is 0 Å². The minimum Gasteiger partial charge on any atom is -0.469 e. The molecule has 1 aromatic heterocycles. The van der Waals surface area contributed by atoms with Crippen LogP contribution in [0.15, 0.2) is 17.5 Å². The van der Waals surface area contributed by atoms with Crippen LogP contribution in [0.1, 0.15) is 24.3 Å². The van der Waals surface area contributed by atoms with E-state index < -0.39 is 28.3 Å². The van der Waals surface area contributed by atoms with Crippen molar-refractivity contribution in [2.75, 3.05) is 39.9 Å². The van der Waals surface area contributed by atoms with Crippen molar-refractivity contribution in [3.05, 3.63) is 22.4 Å². The maximum atomic E-state index is 12.7. The molecule has 1 aromatic rings. The smallest absolute Gasteiger partial charge is 0.409 e. The second-order valence-corrected chi connectivity index (χ2v) is 8.24. The number of hydrogen-bond acceptors (Lipinski definition) is 7. The molecule has 1 aliphatic heterocycles. The molecule has 0 spiro atoms. The quantitative estimate of drug-likeness (QED) is 0.678. The van der Waals surface area contributed by atoms with Gasteiger partial charge < -0.3 is 14.4 Å². The summed E-state index contributed by atoms with van der Waals surface area (Å²) in [5, 5.41) is 1.81. The molecule has 1 amide bonds. The molecule has 26 heavy (non-hydrogen) atoms. The lowest BCUT2D eigenvalue weighted by Gasteiger charge is -2.34. The molecule has 1 saturated heterocycles. The van der Waals surface area contributed by atoms with Crippen molar-refractivity contribution in [3.8, 4) is 0 Å². The highest BCUT2D eigenvalue weighted by Crippen LogP contribution is 2.24. The summed E-state index contributed by atoms with van der Waals surface area (Å²) in [6.45, 7) is 2.80. The molecular weight excluding hydrogens is 382 g/mol. The van der Waals surface area contributed by atoms with E-state index >= 15 is 0 Å². The molecule has 1 unspecified atom stereocenters. The predicted octanol–water partition coefficient (Wildman–Crippen LogP) is 0.961. The Balaban J connectivity index is 2.02. The van der Waals surface area contributed by atoms with Crippen molar-refractivity contribution in [1.82, 2.24) is 13.9 Å². The number of esters is 1. The number of carbonyl (C=O) groups excluding carboxylic acids is 2. The Hall–Kier alpha value is -1.69. The van der Waals surface area contributed by atoms with Crippen LogP contribution in [0.25, 0.3) is 0 Å². The Kier molecular flexibility index (Phi) is 7.38. The van der Waals surface area contributed by atoms with Crippen LogP contribution in [-0.4, -0.2) is 69.6 Å². The minimum atomic E-state index is -3.82. The molecule has 0 aliphatic carbocycles. The molecule has 0 saturated carbocycles. The summed E-state index contributed by atoms with van der Waals surface area (Å²) in [6.07, 6.45) is -0.543. The topological polar surface area (TPSA) is 105 Å². The molecule has 9 nitrogen and oxygen atoms in total. The summed E-state index contributed by atoms with van der Waals surface area (Å²) < 4.78 is 38.8. The number of carbonyl (C=O) groups is 2. The zero-order valence-corrected chi connectivity index (χ0v) is 16.3. The molecule has 0 bridgehead atoms. The normalized spacial score (nSPS) is 16.9. The SMILES string of the molecule is CCOC(=O)N1CCN(S(=O)(=O)NC(CC(=O)OC)c2cccs2)CC1. The van der Waals surface area contributed by atoms with Gasteiger partial charge in [-0.1, -0.05) is 6.07 Å². The lowest BCUT2D eigenvalue weighted by Crippen LogP contribution is -2.53. The van der Waals surface area contributed by atoms with Crippen molar-refractivity contribution < 1.29 is 27.5 Å². The molecule has 1 atom stereocenters. The summed E-state index contributed by atoms with van der Waals surface area (Å²) in [7, 11) is -2.56. The van der Waals surface area contributed by atoms with Gasteiger partial charge in [0.2, 0.25) is 0 Å². The van der Waals surface area contributed by atoms with E-state index in [-0.39, 0.29) is 39.2 Å². The molecule has 0 aromatic carbocycles. The first-order chi connectivity index (χ1) is 12.4. The fourth-order valence-corrected chi connectivity index (χ4v) is 4.74. The van der Waals surface area contributed by atoms with Gasteiger partial charge in [-0.2, -0.15) is 17.4 Å². The Labute approximate surface area is 157 Å². The molecule has 2 heterocycles. The van der Waals surface area contributed by atoms with Crippen LogP contribution in [0, 0.1) is 0 Å². The maximum Gasteiger partial charge on any atom is 0.409 e. The van der Waals surface area contributed by atoms with Crippen LogP contribution in [0.4, 0.5) is 4.79 Å². The highest BCUT2D eigenvalue weighted by molar-refractivity contribution is 7.87. The summed E-state index contributed by atoms with van der Waals surface area (Å²) in [5.41, 5.74) is 0. The summed E-state index contributed by atoms with van der Waals surface area (Å²) >= 11 is 1.36. The van der Waals surface area contributed by atoms with Gasteiger partial charge in [0, 0.05) is 31.1 Å². The third-order valence-electron chi connectivity index (χ3n) is 3.88. The van der Waals surface area contributed by atoms with Gasteiger partial charge >= 0.3 is 12.1 Å². The van der Waals surface area contributed by atoms with Crippen molar-refractivity contribution in [2.24, 2.45) is 0 Å². The van der Waals surface area contributed by atoms with E-state index in [0.29, 0.717) is 0 Å². The second kappa shape index (κ2) is 9.31. The van der Waals surface area contributed by atoms with Crippen molar-refractivity contribution in [3.63, 3.8) is 0 Å². The largest absolute Gasteiger partial charge is 0.469 e. The molecule has 1 aliphatic rings. The number of rotatable bonds is 7. The highest BCUT2D eigenvalue weighted by atomic mass is 32.2. The third kappa shape index (κ3) is 5.40. The number of piperazine rings is 1. The second-order valence-electron chi connectivity index (χ2n) is 5.56. The summed E-state index contributed by atoms with van der Waals surface area (Å²) in [5.74, 6) is -0.502. The first-order valence-corrected chi connectivity index (χ1v) is 10.5. The Bertz CT molecular complexity index is 699.